The smallest absolute Gasteiger partial charge is 0.179 e. The second-order valence-electron chi connectivity index (χ2n) is 4.28. The van der Waals surface area contributed by atoms with Gasteiger partial charge in [0.05, 0.1) is 25.3 Å². The second-order valence-corrected chi connectivity index (χ2v) is 4.66. The van der Waals surface area contributed by atoms with E-state index in [1.165, 1.54) is 7.11 Å². The Hall–Kier alpha value is -1.78. The number of hydrogen-bond acceptors (Lipinski definition) is 4. The Balaban J connectivity index is 2.28. The third-order valence-corrected chi connectivity index (χ3v) is 3.44. The molecular formula is C15H16ClNO3. The van der Waals surface area contributed by atoms with Gasteiger partial charge in [-0.3, -0.25) is 4.98 Å². The van der Waals surface area contributed by atoms with Crippen LogP contribution in [0.25, 0.3) is 0 Å². The van der Waals surface area contributed by atoms with Gasteiger partial charge in [-0.15, -0.1) is 0 Å². The van der Waals surface area contributed by atoms with E-state index in [4.69, 9.17) is 21.1 Å². The van der Waals surface area contributed by atoms with Crippen LogP contribution in [-0.4, -0.2) is 24.3 Å². The molecule has 1 heterocycles. The monoisotopic (exact) mass is 293 g/mol. The van der Waals surface area contributed by atoms with E-state index < -0.39 is 6.10 Å². The molecule has 1 unspecified atom stereocenters. The Morgan fingerprint density at radius 3 is 2.45 bits per heavy atom. The number of aliphatic hydroxyl groups is 1. The third kappa shape index (κ3) is 3.03. The normalized spacial score (nSPS) is 12.0. The van der Waals surface area contributed by atoms with Gasteiger partial charge in [-0.05, 0) is 23.8 Å². The quantitative estimate of drug-likeness (QED) is 0.920. The zero-order valence-electron chi connectivity index (χ0n) is 11.3. The second kappa shape index (κ2) is 6.59. The fraction of sp³-hybridized carbons (Fsp3) is 0.267. The highest BCUT2D eigenvalue weighted by Gasteiger charge is 2.18. The summed E-state index contributed by atoms with van der Waals surface area (Å²) < 4.78 is 10.4. The average molecular weight is 294 g/mol. The van der Waals surface area contributed by atoms with E-state index in [9.17, 15) is 5.11 Å². The summed E-state index contributed by atoms with van der Waals surface area (Å²) in [5.74, 6) is 0.970. The molecule has 0 aliphatic rings. The lowest BCUT2D eigenvalue weighted by Gasteiger charge is -2.16. The number of rotatable bonds is 5. The van der Waals surface area contributed by atoms with Gasteiger partial charge in [-0.1, -0.05) is 17.7 Å². The van der Waals surface area contributed by atoms with Gasteiger partial charge in [-0.2, -0.15) is 0 Å². The van der Waals surface area contributed by atoms with Gasteiger partial charge in [-0.25, -0.2) is 0 Å². The molecule has 0 aliphatic carbocycles. The minimum atomic E-state index is -0.718. The van der Waals surface area contributed by atoms with Crippen LogP contribution in [0.15, 0.2) is 36.7 Å². The predicted octanol–water partition coefficient (Wildman–Crippen LogP) is 3.03. The minimum Gasteiger partial charge on any atom is -0.493 e. The molecule has 0 fully saturated rings. The molecule has 5 heteroatoms. The number of nitrogens with zero attached hydrogens (tertiary/aromatic N) is 1. The molecule has 20 heavy (non-hydrogen) atoms. The highest BCUT2D eigenvalue weighted by atomic mass is 35.5. The number of aliphatic hydroxyl groups excluding tert-OH is 1. The zero-order valence-corrected chi connectivity index (χ0v) is 12.1. The van der Waals surface area contributed by atoms with Crippen molar-refractivity contribution in [2.75, 3.05) is 14.2 Å². The highest BCUT2D eigenvalue weighted by molar-refractivity contribution is 6.33. The van der Waals surface area contributed by atoms with Crippen LogP contribution in [0.5, 0.6) is 11.5 Å². The lowest BCUT2D eigenvalue weighted by molar-refractivity contribution is 0.178. The Kier molecular flexibility index (Phi) is 4.82. The molecule has 4 nitrogen and oxygen atoms in total. The van der Waals surface area contributed by atoms with Crippen molar-refractivity contribution in [3.63, 3.8) is 0 Å². The molecule has 0 aliphatic heterocycles. The van der Waals surface area contributed by atoms with Crippen molar-refractivity contribution in [3.05, 3.63) is 52.8 Å². The molecule has 2 rings (SSSR count). The molecule has 1 aromatic carbocycles. The van der Waals surface area contributed by atoms with Gasteiger partial charge in [0.1, 0.15) is 0 Å². The number of methoxy groups -OCH3 is 2. The summed E-state index contributed by atoms with van der Waals surface area (Å²) in [4.78, 5) is 3.95. The maximum Gasteiger partial charge on any atom is 0.179 e. The fourth-order valence-corrected chi connectivity index (χ4v) is 2.37. The van der Waals surface area contributed by atoms with Crippen LogP contribution < -0.4 is 9.47 Å². The summed E-state index contributed by atoms with van der Waals surface area (Å²) >= 11 is 6.28. The largest absolute Gasteiger partial charge is 0.493 e. The predicted molar refractivity (Wildman–Crippen MR) is 77.5 cm³/mol. The lowest BCUT2D eigenvalue weighted by Crippen LogP contribution is -2.04. The van der Waals surface area contributed by atoms with Crippen molar-refractivity contribution in [1.29, 1.82) is 0 Å². The van der Waals surface area contributed by atoms with Gasteiger partial charge >= 0.3 is 0 Å². The summed E-state index contributed by atoms with van der Waals surface area (Å²) in [5, 5.41) is 10.7. The average Bonchev–Trinajstić information content (AvgIpc) is 2.47. The maximum absolute atomic E-state index is 10.3. The standard InChI is InChI=1S/C15H16ClNO3/c1-19-13-4-3-11(14(16)15(13)20-2)12(18)9-10-5-7-17-8-6-10/h3-8,12,18H,9H2,1-2H3. The maximum atomic E-state index is 10.3. The van der Waals surface area contributed by atoms with Crippen LogP contribution in [0.2, 0.25) is 5.02 Å². The molecule has 106 valence electrons. The number of benzene rings is 1. The van der Waals surface area contributed by atoms with Crippen LogP contribution in [0.3, 0.4) is 0 Å². The van der Waals surface area contributed by atoms with E-state index in [-0.39, 0.29) is 0 Å². The molecule has 2 aromatic rings. The van der Waals surface area contributed by atoms with Gasteiger partial charge in [0.15, 0.2) is 11.5 Å². The number of aromatic nitrogens is 1. The first-order chi connectivity index (χ1) is 9.67. The van der Waals surface area contributed by atoms with Crippen molar-refractivity contribution >= 4 is 11.6 Å². The van der Waals surface area contributed by atoms with E-state index >= 15 is 0 Å². The number of ether oxygens (including phenoxy) is 2. The van der Waals surface area contributed by atoms with E-state index in [0.29, 0.717) is 28.5 Å². The Morgan fingerprint density at radius 1 is 1.15 bits per heavy atom. The number of pyridine rings is 1. The third-order valence-electron chi connectivity index (χ3n) is 3.05. The van der Waals surface area contributed by atoms with Gasteiger partial charge in [0.25, 0.3) is 0 Å². The van der Waals surface area contributed by atoms with Crippen LogP contribution >= 0.6 is 11.6 Å². The van der Waals surface area contributed by atoms with Gasteiger partial charge in [0, 0.05) is 24.4 Å². The number of hydrogen-bond donors (Lipinski definition) is 1. The van der Waals surface area contributed by atoms with Crippen molar-refractivity contribution in [1.82, 2.24) is 4.98 Å². The molecule has 0 amide bonds. The zero-order chi connectivity index (χ0) is 14.5. The topological polar surface area (TPSA) is 51.6 Å². The molecule has 0 bridgehead atoms. The molecule has 0 saturated carbocycles. The van der Waals surface area contributed by atoms with E-state index in [0.717, 1.165) is 5.56 Å². The molecular weight excluding hydrogens is 278 g/mol. The number of halogens is 1. The van der Waals surface area contributed by atoms with Crippen LogP contribution in [0, 0.1) is 0 Å². The SMILES string of the molecule is COc1ccc(C(O)Cc2ccncc2)c(Cl)c1OC. The van der Waals surface area contributed by atoms with Crippen LogP contribution in [0.1, 0.15) is 17.2 Å². The fourth-order valence-electron chi connectivity index (χ4n) is 2.01. The van der Waals surface area contributed by atoms with Crippen LogP contribution in [0.4, 0.5) is 0 Å². The molecule has 0 spiro atoms. The van der Waals surface area contributed by atoms with E-state index in [1.807, 2.05) is 12.1 Å². The molecule has 0 saturated heterocycles. The highest BCUT2D eigenvalue weighted by Crippen LogP contribution is 2.40. The van der Waals surface area contributed by atoms with Crippen molar-refractivity contribution in [2.45, 2.75) is 12.5 Å². The van der Waals surface area contributed by atoms with E-state index in [1.54, 1.807) is 31.6 Å². The summed E-state index contributed by atoms with van der Waals surface area (Å²) in [6.07, 6.45) is 3.12. The summed E-state index contributed by atoms with van der Waals surface area (Å²) in [5.41, 5.74) is 1.60. The van der Waals surface area contributed by atoms with Gasteiger partial charge in [0.2, 0.25) is 0 Å². The van der Waals surface area contributed by atoms with E-state index in [2.05, 4.69) is 4.98 Å². The van der Waals surface area contributed by atoms with Gasteiger partial charge < -0.3 is 14.6 Å². The molecule has 1 aromatic heterocycles. The Morgan fingerprint density at radius 2 is 1.85 bits per heavy atom. The Bertz CT molecular complexity index is 575. The molecule has 0 radical (unpaired) electrons. The first-order valence-electron chi connectivity index (χ1n) is 6.14. The minimum absolute atomic E-state index is 0.369. The summed E-state index contributed by atoms with van der Waals surface area (Å²) in [6.45, 7) is 0. The van der Waals surface area contributed by atoms with Crippen molar-refractivity contribution in [2.24, 2.45) is 0 Å². The first-order valence-corrected chi connectivity index (χ1v) is 6.52. The lowest BCUT2D eigenvalue weighted by atomic mass is 10.0. The molecule has 1 atom stereocenters. The summed E-state index contributed by atoms with van der Waals surface area (Å²) in [7, 11) is 3.06. The van der Waals surface area contributed by atoms with Crippen molar-refractivity contribution in [3.8, 4) is 11.5 Å². The Labute approximate surface area is 122 Å². The first kappa shape index (κ1) is 14.6. The summed E-state index contributed by atoms with van der Waals surface area (Å²) in [6, 6.07) is 7.20. The van der Waals surface area contributed by atoms with Crippen LogP contribution in [-0.2, 0) is 6.42 Å². The van der Waals surface area contributed by atoms with Crippen molar-refractivity contribution < 1.29 is 14.6 Å². The molecule has 1 N–H and O–H groups in total.